The van der Waals surface area contributed by atoms with E-state index in [9.17, 15) is 0 Å². The summed E-state index contributed by atoms with van der Waals surface area (Å²) >= 11 is 0. The summed E-state index contributed by atoms with van der Waals surface area (Å²) in [6, 6.07) is 21.4. The molecule has 18 heavy (non-hydrogen) atoms. The van der Waals surface area contributed by atoms with Crippen molar-refractivity contribution in [2.45, 2.75) is 6.92 Å². The fraction of sp³-hybridized carbons (Fsp3) is 0.0588. The number of hydrogen-bond donors (Lipinski definition) is 0. The van der Waals surface area contributed by atoms with E-state index in [1.165, 1.54) is 10.8 Å². The number of fused-ring (bicyclic) bond motifs is 1. The first-order chi connectivity index (χ1) is 8.83. The summed E-state index contributed by atoms with van der Waals surface area (Å²) in [7, 11) is 0. The minimum atomic E-state index is 1.10. The number of hydrogen-bond acceptors (Lipinski definition) is 0. The Morgan fingerprint density at radius 2 is 1.50 bits per heavy atom. The van der Waals surface area contributed by atoms with Crippen molar-refractivity contribution >= 4 is 10.8 Å². The molecule has 1 aromatic heterocycles. The number of aromatic nitrogens is 1. The molecule has 1 nitrogen and oxygen atoms in total. The van der Waals surface area contributed by atoms with Crippen molar-refractivity contribution in [3.05, 3.63) is 60.3 Å². The number of benzene rings is 2. The van der Waals surface area contributed by atoms with Gasteiger partial charge in [-0.2, -0.15) is 0 Å². The number of terminal acetylenes is 1. The molecule has 2 aromatic carbocycles. The van der Waals surface area contributed by atoms with Gasteiger partial charge in [-0.25, -0.2) is 0 Å². The second-order valence-corrected chi connectivity index (χ2v) is 4.31. The molecular weight excluding hydrogens is 218 g/mol. The standard InChI is InChI=1S/C17H13N/c1-3-18-13(2)15-11-7-8-12-16(15)17(18)14-9-5-4-6-10-14/h1,4-12H,2H3. The molecule has 3 aromatic rings. The van der Waals surface area contributed by atoms with E-state index in [-0.39, 0.29) is 0 Å². The molecule has 0 aliphatic heterocycles. The minimum absolute atomic E-state index is 1.10. The third kappa shape index (κ3) is 1.43. The maximum Gasteiger partial charge on any atom is 0.0693 e. The average Bonchev–Trinajstić information content (AvgIpc) is 2.73. The molecule has 1 heterocycles. The molecule has 0 unspecified atom stereocenters. The second-order valence-electron chi connectivity index (χ2n) is 4.31. The molecule has 86 valence electrons. The van der Waals surface area contributed by atoms with E-state index in [0.717, 1.165) is 17.0 Å². The van der Waals surface area contributed by atoms with Crippen LogP contribution >= 0.6 is 0 Å². The monoisotopic (exact) mass is 231 g/mol. The lowest BCUT2D eigenvalue weighted by atomic mass is 10.1. The van der Waals surface area contributed by atoms with Gasteiger partial charge in [-0.1, -0.05) is 61.0 Å². The van der Waals surface area contributed by atoms with E-state index in [2.05, 4.69) is 43.3 Å². The van der Waals surface area contributed by atoms with Gasteiger partial charge in [-0.15, -0.1) is 0 Å². The highest BCUT2D eigenvalue weighted by Crippen LogP contribution is 2.32. The van der Waals surface area contributed by atoms with Crippen LogP contribution in [0.4, 0.5) is 0 Å². The molecule has 0 aliphatic rings. The van der Waals surface area contributed by atoms with Gasteiger partial charge in [0.1, 0.15) is 0 Å². The van der Waals surface area contributed by atoms with Crippen molar-refractivity contribution in [1.82, 2.24) is 4.57 Å². The van der Waals surface area contributed by atoms with Crippen molar-refractivity contribution in [3.63, 3.8) is 0 Å². The largest absolute Gasteiger partial charge is 0.273 e. The molecule has 0 radical (unpaired) electrons. The van der Waals surface area contributed by atoms with Gasteiger partial charge < -0.3 is 0 Å². The van der Waals surface area contributed by atoms with Crippen LogP contribution in [-0.4, -0.2) is 4.57 Å². The molecule has 0 bridgehead atoms. The van der Waals surface area contributed by atoms with Crippen LogP contribution in [0.25, 0.3) is 22.0 Å². The fourth-order valence-corrected chi connectivity index (χ4v) is 2.46. The zero-order chi connectivity index (χ0) is 12.5. The van der Waals surface area contributed by atoms with Gasteiger partial charge >= 0.3 is 0 Å². The zero-order valence-corrected chi connectivity index (χ0v) is 10.2. The maximum absolute atomic E-state index is 5.67. The highest BCUT2D eigenvalue weighted by atomic mass is 15.0. The highest BCUT2D eigenvalue weighted by molar-refractivity contribution is 5.98. The first kappa shape index (κ1) is 10.7. The smallest absolute Gasteiger partial charge is 0.0693 e. The number of nitrogens with zero attached hydrogens (tertiary/aromatic N) is 1. The average molecular weight is 231 g/mol. The van der Waals surface area contributed by atoms with Crippen LogP contribution in [-0.2, 0) is 0 Å². The Morgan fingerprint density at radius 1 is 0.889 bits per heavy atom. The number of rotatable bonds is 1. The second kappa shape index (κ2) is 4.09. The topological polar surface area (TPSA) is 4.93 Å². The molecule has 0 amide bonds. The van der Waals surface area contributed by atoms with Gasteiger partial charge in [-0.05, 0) is 12.5 Å². The first-order valence-corrected chi connectivity index (χ1v) is 5.95. The summed E-state index contributed by atoms with van der Waals surface area (Å²) in [5.74, 6) is 0. The number of aryl methyl sites for hydroxylation is 1. The van der Waals surface area contributed by atoms with Crippen LogP contribution in [0.1, 0.15) is 5.69 Å². The molecule has 0 saturated heterocycles. The van der Waals surface area contributed by atoms with E-state index >= 15 is 0 Å². The molecule has 0 atom stereocenters. The zero-order valence-electron chi connectivity index (χ0n) is 10.2. The van der Waals surface area contributed by atoms with Crippen LogP contribution in [0.3, 0.4) is 0 Å². The van der Waals surface area contributed by atoms with Crippen molar-refractivity contribution in [2.75, 3.05) is 0 Å². The van der Waals surface area contributed by atoms with Gasteiger partial charge in [0.05, 0.1) is 5.69 Å². The van der Waals surface area contributed by atoms with E-state index in [4.69, 9.17) is 6.42 Å². The van der Waals surface area contributed by atoms with Gasteiger partial charge in [0.25, 0.3) is 0 Å². The predicted octanol–water partition coefficient (Wildman–Crippen LogP) is 4.06. The lowest BCUT2D eigenvalue weighted by Gasteiger charge is -2.04. The van der Waals surface area contributed by atoms with E-state index in [1.807, 2.05) is 28.8 Å². The van der Waals surface area contributed by atoms with Crippen molar-refractivity contribution in [1.29, 1.82) is 0 Å². The van der Waals surface area contributed by atoms with Crippen LogP contribution in [0.5, 0.6) is 0 Å². The third-order valence-corrected chi connectivity index (χ3v) is 3.31. The molecule has 0 aliphatic carbocycles. The van der Waals surface area contributed by atoms with Crippen LogP contribution in [0, 0.1) is 19.4 Å². The van der Waals surface area contributed by atoms with Gasteiger partial charge in [0, 0.05) is 22.5 Å². The van der Waals surface area contributed by atoms with Crippen LogP contribution in [0.15, 0.2) is 54.6 Å². The Bertz CT molecular complexity index is 742. The fourth-order valence-electron chi connectivity index (χ4n) is 2.46. The lowest BCUT2D eigenvalue weighted by Crippen LogP contribution is -1.93. The van der Waals surface area contributed by atoms with Gasteiger partial charge in [0.15, 0.2) is 0 Å². The Morgan fingerprint density at radius 3 is 2.17 bits per heavy atom. The minimum Gasteiger partial charge on any atom is -0.273 e. The quantitative estimate of drug-likeness (QED) is 0.557. The van der Waals surface area contributed by atoms with Gasteiger partial charge in [0.2, 0.25) is 0 Å². The lowest BCUT2D eigenvalue weighted by molar-refractivity contribution is 1.08. The van der Waals surface area contributed by atoms with Gasteiger partial charge in [-0.3, -0.25) is 4.57 Å². The van der Waals surface area contributed by atoms with E-state index in [1.54, 1.807) is 0 Å². The Hall–Kier alpha value is -2.46. The van der Waals surface area contributed by atoms with E-state index in [0.29, 0.717) is 0 Å². The summed E-state index contributed by atoms with van der Waals surface area (Å²) in [6.07, 6.45) is 5.67. The van der Waals surface area contributed by atoms with Crippen LogP contribution < -0.4 is 0 Å². The SMILES string of the molecule is C#Cn1c(C)c2ccccc2c1-c1ccccc1. The van der Waals surface area contributed by atoms with Crippen molar-refractivity contribution in [2.24, 2.45) is 0 Å². The Labute approximate surface area is 107 Å². The normalized spacial score (nSPS) is 10.4. The summed E-state index contributed by atoms with van der Waals surface area (Å²) in [4.78, 5) is 0. The van der Waals surface area contributed by atoms with E-state index < -0.39 is 0 Å². The third-order valence-electron chi connectivity index (χ3n) is 3.31. The molecule has 0 N–H and O–H groups in total. The molecular formula is C17H13N. The maximum atomic E-state index is 5.67. The first-order valence-electron chi connectivity index (χ1n) is 5.95. The summed E-state index contributed by atoms with van der Waals surface area (Å²) in [5.41, 5.74) is 3.37. The Balaban J connectivity index is 2.45. The molecule has 1 heteroatoms. The summed E-state index contributed by atoms with van der Waals surface area (Å²) in [5, 5.41) is 2.42. The Kier molecular flexibility index (Phi) is 2.42. The summed E-state index contributed by atoms with van der Waals surface area (Å²) < 4.78 is 1.93. The highest BCUT2D eigenvalue weighted by Gasteiger charge is 2.13. The van der Waals surface area contributed by atoms with Crippen LogP contribution in [0.2, 0.25) is 0 Å². The molecule has 3 rings (SSSR count). The molecule has 0 saturated carbocycles. The molecule has 0 spiro atoms. The predicted molar refractivity (Wildman–Crippen MR) is 76.3 cm³/mol. The molecule has 0 fully saturated rings. The van der Waals surface area contributed by atoms with Crippen molar-refractivity contribution in [3.8, 4) is 23.7 Å². The van der Waals surface area contributed by atoms with Crippen molar-refractivity contribution < 1.29 is 0 Å². The summed E-state index contributed by atoms with van der Waals surface area (Å²) in [6.45, 7) is 2.06.